The molecular formula is C17H28N2OS. The summed E-state index contributed by atoms with van der Waals surface area (Å²) >= 11 is 2.14. The second-order valence-corrected chi connectivity index (χ2v) is 9.35. The van der Waals surface area contributed by atoms with E-state index < -0.39 is 0 Å². The first-order chi connectivity index (χ1) is 10.2. The van der Waals surface area contributed by atoms with Crippen LogP contribution in [0.5, 0.6) is 0 Å². The van der Waals surface area contributed by atoms with E-state index in [4.69, 9.17) is 5.73 Å². The number of carbonyl (C=O) groups is 1. The van der Waals surface area contributed by atoms with Gasteiger partial charge in [-0.25, -0.2) is 0 Å². The van der Waals surface area contributed by atoms with Gasteiger partial charge in [0.1, 0.15) is 0 Å². The summed E-state index contributed by atoms with van der Waals surface area (Å²) < 4.78 is 0.383. The number of fused-ring (bicyclic) bond motifs is 2. The van der Waals surface area contributed by atoms with Gasteiger partial charge < -0.3 is 10.6 Å². The smallest absolute Gasteiger partial charge is 0.227 e. The van der Waals surface area contributed by atoms with Crippen molar-refractivity contribution in [3.8, 4) is 0 Å². The van der Waals surface area contributed by atoms with Crippen molar-refractivity contribution in [1.82, 2.24) is 4.90 Å². The lowest BCUT2D eigenvalue weighted by Gasteiger charge is -2.46. The lowest BCUT2D eigenvalue weighted by atomic mass is 9.83. The van der Waals surface area contributed by atoms with Crippen molar-refractivity contribution in [2.24, 2.45) is 23.5 Å². The Bertz CT molecular complexity index is 414. The van der Waals surface area contributed by atoms with E-state index in [0.29, 0.717) is 22.5 Å². The van der Waals surface area contributed by atoms with Crippen LogP contribution in [0.4, 0.5) is 0 Å². The molecule has 2 bridgehead atoms. The minimum absolute atomic E-state index is 0.146. The second-order valence-electron chi connectivity index (χ2n) is 7.79. The molecular weight excluding hydrogens is 280 g/mol. The van der Waals surface area contributed by atoms with Gasteiger partial charge >= 0.3 is 0 Å². The lowest BCUT2D eigenvalue weighted by Crippen LogP contribution is -2.54. The summed E-state index contributed by atoms with van der Waals surface area (Å²) in [6, 6.07) is 0.146. The molecule has 4 aliphatic rings. The molecule has 3 saturated carbocycles. The first kappa shape index (κ1) is 14.4. The first-order valence-corrected chi connectivity index (χ1v) is 9.85. The molecule has 4 rings (SSSR count). The van der Waals surface area contributed by atoms with E-state index >= 15 is 0 Å². The van der Waals surface area contributed by atoms with E-state index in [-0.39, 0.29) is 12.0 Å². The van der Waals surface area contributed by atoms with Crippen molar-refractivity contribution in [3.05, 3.63) is 0 Å². The fourth-order valence-corrected chi connectivity index (χ4v) is 7.01. The van der Waals surface area contributed by atoms with Crippen LogP contribution in [-0.4, -0.2) is 40.4 Å². The Morgan fingerprint density at radius 2 is 1.90 bits per heavy atom. The van der Waals surface area contributed by atoms with Crippen LogP contribution in [-0.2, 0) is 4.79 Å². The third kappa shape index (κ3) is 2.42. The molecule has 0 aromatic heterocycles. The molecule has 21 heavy (non-hydrogen) atoms. The van der Waals surface area contributed by atoms with E-state index in [1.54, 1.807) is 0 Å². The highest BCUT2D eigenvalue weighted by molar-refractivity contribution is 8.00. The number of nitrogens with two attached hydrogens (primary N) is 1. The van der Waals surface area contributed by atoms with Crippen molar-refractivity contribution in [2.75, 3.05) is 18.8 Å². The summed E-state index contributed by atoms with van der Waals surface area (Å²) in [7, 11) is 0. The minimum Gasteiger partial charge on any atom is -0.340 e. The summed E-state index contributed by atoms with van der Waals surface area (Å²) in [6.07, 6.45) is 10.4. The van der Waals surface area contributed by atoms with Crippen LogP contribution in [0.2, 0.25) is 0 Å². The standard InChI is InChI=1S/C17H28N2OS/c18-15-13-5-4-12(10-13)14(15)16(20)19-8-9-21-17(11-19)6-2-1-3-7-17/h12-15H,1-11,18H2. The van der Waals surface area contributed by atoms with Crippen molar-refractivity contribution in [3.63, 3.8) is 0 Å². The van der Waals surface area contributed by atoms with E-state index in [0.717, 1.165) is 18.8 Å². The first-order valence-electron chi connectivity index (χ1n) is 8.87. The van der Waals surface area contributed by atoms with E-state index in [1.807, 2.05) is 0 Å². The quantitative estimate of drug-likeness (QED) is 0.810. The molecule has 4 atom stereocenters. The zero-order chi connectivity index (χ0) is 14.4. The summed E-state index contributed by atoms with van der Waals surface area (Å²) in [5.74, 6) is 2.90. The molecule has 4 unspecified atom stereocenters. The molecule has 1 heterocycles. The lowest BCUT2D eigenvalue weighted by molar-refractivity contribution is -0.138. The molecule has 1 saturated heterocycles. The number of amides is 1. The Morgan fingerprint density at radius 1 is 1.14 bits per heavy atom. The van der Waals surface area contributed by atoms with Crippen LogP contribution in [0.15, 0.2) is 0 Å². The molecule has 4 heteroatoms. The SMILES string of the molecule is NC1C2CCC(C2)C1C(=O)N1CCSC2(CCCCC2)C1. The van der Waals surface area contributed by atoms with Crippen LogP contribution < -0.4 is 5.73 Å². The third-order valence-electron chi connectivity index (χ3n) is 6.59. The molecule has 3 aliphatic carbocycles. The van der Waals surface area contributed by atoms with Crippen LogP contribution in [0.1, 0.15) is 51.4 Å². The molecule has 118 valence electrons. The Balaban J connectivity index is 1.47. The molecule has 1 aliphatic heterocycles. The largest absolute Gasteiger partial charge is 0.340 e. The molecule has 2 N–H and O–H groups in total. The highest BCUT2D eigenvalue weighted by Gasteiger charge is 2.51. The second kappa shape index (κ2) is 5.45. The van der Waals surface area contributed by atoms with Crippen LogP contribution in [0, 0.1) is 17.8 Å². The maximum absolute atomic E-state index is 13.1. The van der Waals surface area contributed by atoms with Gasteiger partial charge in [0.2, 0.25) is 5.91 Å². The number of nitrogens with zero attached hydrogens (tertiary/aromatic N) is 1. The normalized spacial score (nSPS) is 41.7. The minimum atomic E-state index is 0.146. The molecule has 0 aromatic carbocycles. The number of carbonyl (C=O) groups excluding carboxylic acids is 1. The number of rotatable bonds is 1. The molecule has 4 fully saturated rings. The van der Waals surface area contributed by atoms with E-state index in [1.165, 1.54) is 51.4 Å². The van der Waals surface area contributed by atoms with Gasteiger partial charge in [-0.3, -0.25) is 4.79 Å². The fraction of sp³-hybridized carbons (Fsp3) is 0.941. The molecule has 0 aromatic rings. The number of hydrogen-bond acceptors (Lipinski definition) is 3. The zero-order valence-electron chi connectivity index (χ0n) is 12.9. The molecule has 1 amide bonds. The Morgan fingerprint density at radius 3 is 2.62 bits per heavy atom. The van der Waals surface area contributed by atoms with Crippen LogP contribution in [0.3, 0.4) is 0 Å². The molecule has 3 nitrogen and oxygen atoms in total. The van der Waals surface area contributed by atoms with Gasteiger partial charge in [-0.2, -0.15) is 11.8 Å². The maximum Gasteiger partial charge on any atom is 0.227 e. The molecule has 0 radical (unpaired) electrons. The summed E-state index contributed by atoms with van der Waals surface area (Å²) in [4.78, 5) is 15.3. The van der Waals surface area contributed by atoms with Crippen LogP contribution >= 0.6 is 11.8 Å². The number of thioether (sulfide) groups is 1. The number of hydrogen-bond donors (Lipinski definition) is 1. The average molecular weight is 308 g/mol. The molecule has 1 spiro atoms. The van der Waals surface area contributed by atoms with Crippen LogP contribution in [0.25, 0.3) is 0 Å². The van der Waals surface area contributed by atoms with Gasteiger partial charge in [-0.1, -0.05) is 19.3 Å². The van der Waals surface area contributed by atoms with Gasteiger partial charge in [0, 0.05) is 29.6 Å². The van der Waals surface area contributed by atoms with Gasteiger partial charge in [0.15, 0.2) is 0 Å². The van der Waals surface area contributed by atoms with Gasteiger partial charge in [0.25, 0.3) is 0 Å². The van der Waals surface area contributed by atoms with Gasteiger partial charge in [-0.15, -0.1) is 0 Å². The Kier molecular flexibility index (Phi) is 3.73. The Hall–Kier alpha value is -0.220. The summed E-state index contributed by atoms with van der Waals surface area (Å²) in [5.41, 5.74) is 6.39. The third-order valence-corrected chi connectivity index (χ3v) is 8.13. The van der Waals surface area contributed by atoms with Gasteiger partial charge in [0.05, 0.1) is 5.92 Å². The summed E-state index contributed by atoms with van der Waals surface area (Å²) in [6.45, 7) is 1.95. The fourth-order valence-electron chi connectivity index (χ4n) is 5.44. The highest BCUT2D eigenvalue weighted by Crippen LogP contribution is 2.49. The summed E-state index contributed by atoms with van der Waals surface area (Å²) in [5, 5.41) is 0. The highest BCUT2D eigenvalue weighted by atomic mass is 32.2. The van der Waals surface area contributed by atoms with Crippen molar-refractivity contribution in [1.29, 1.82) is 0 Å². The Labute approximate surface area is 132 Å². The monoisotopic (exact) mass is 308 g/mol. The maximum atomic E-state index is 13.1. The predicted octanol–water partition coefficient (Wildman–Crippen LogP) is 2.64. The average Bonchev–Trinajstić information content (AvgIpc) is 3.08. The predicted molar refractivity (Wildman–Crippen MR) is 87.2 cm³/mol. The van der Waals surface area contributed by atoms with Crippen molar-refractivity contribution >= 4 is 17.7 Å². The van der Waals surface area contributed by atoms with Crippen molar-refractivity contribution < 1.29 is 4.79 Å². The van der Waals surface area contributed by atoms with Crippen molar-refractivity contribution in [2.45, 2.75) is 62.2 Å². The van der Waals surface area contributed by atoms with Gasteiger partial charge in [-0.05, 0) is 43.9 Å². The zero-order valence-corrected chi connectivity index (χ0v) is 13.7. The van der Waals surface area contributed by atoms with E-state index in [2.05, 4.69) is 16.7 Å². The topological polar surface area (TPSA) is 46.3 Å². The van der Waals surface area contributed by atoms with E-state index in [9.17, 15) is 4.79 Å².